The lowest BCUT2D eigenvalue weighted by molar-refractivity contribution is 0.584. The van der Waals surface area contributed by atoms with Gasteiger partial charge in [0.1, 0.15) is 28.8 Å². The van der Waals surface area contributed by atoms with Crippen molar-refractivity contribution in [2.45, 2.75) is 6.92 Å². The van der Waals surface area contributed by atoms with Crippen LogP contribution >= 0.6 is 11.3 Å². The maximum Gasteiger partial charge on any atom is 0.129 e. The summed E-state index contributed by atoms with van der Waals surface area (Å²) in [7, 11) is 1.68. The molecule has 108 valence electrons. The summed E-state index contributed by atoms with van der Waals surface area (Å²) in [5.74, 6) is -0.983. The van der Waals surface area contributed by atoms with E-state index in [1.54, 1.807) is 7.05 Å². The third-order valence-corrected chi connectivity index (χ3v) is 3.88. The second kappa shape index (κ2) is 4.92. The Morgan fingerprint density at radius 3 is 2.43 bits per heavy atom. The van der Waals surface area contributed by atoms with Crippen LogP contribution in [0.15, 0.2) is 23.6 Å². The monoisotopic (exact) mass is 306 g/mol. The average molecular weight is 306 g/mol. The Bertz CT molecular complexity index is 802. The summed E-state index contributed by atoms with van der Waals surface area (Å²) in [4.78, 5) is 4.37. The number of aryl methyl sites for hydroxylation is 2. The Labute approximate surface area is 123 Å². The Balaban J connectivity index is 2.26. The number of halogens is 2. The highest BCUT2D eigenvalue weighted by Crippen LogP contribution is 2.36. The van der Waals surface area contributed by atoms with Gasteiger partial charge in [-0.2, -0.15) is 5.10 Å². The number of anilines is 1. The largest absolute Gasteiger partial charge is 0.383 e. The van der Waals surface area contributed by atoms with Crippen LogP contribution in [0.25, 0.3) is 22.5 Å². The van der Waals surface area contributed by atoms with E-state index in [4.69, 9.17) is 5.73 Å². The van der Waals surface area contributed by atoms with Crippen molar-refractivity contribution < 1.29 is 8.78 Å². The number of thiazole rings is 1. The van der Waals surface area contributed by atoms with E-state index in [-0.39, 0.29) is 0 Å². The van der Waals surface area contributed by atoms with Crippen molar-refractivity contribution in [3.8, 4) is 22.5 Å². The van der Waals surface area contributed by atoms with E-state index in [1.165, 1.54) is 28.2 Å². The van der Waals surface area contributed by atoms with E-state index >= 15 is 0 Å². The van der Waals surface area contributed by atoms with Gasteiger partial charge in [0.2, 0.25) is 0 Å². The summed E-state index contributed by atoms with van der Waals surface area (Å²) < 4.78 is 28.4. The Morgan fingerprint density at radius 1 is 1.19 bits per heavy atom. The lowest BCUT2D eigenvalue weighted by atomic mass is 10.0. The van der Waals surface area contributed by atoms with E-state index in [0.29, 0.717) is 28.3 Å². The number of hydrogen-bond acceptors (Lipinski definition) is 4. The molecule has 0 saturated carbocycles. The van der Waals surface area contributed by atoms with Crippen LogP contribution in [0.4, 0.5) is 14.6 Å². The molecule has 3 rings (SSSR count). The number of nitrogen functional groups attached to an aromatic ring is 1. The van der Waals surface area contributed by atoms with Gasteiger partial charge >= 0.3 is 0 Å². The maximum absolute atomic E-state index is 13.5. The van der Waals surface area contributed by atoms with Gasteiger partial charge in [0.05, 0.1) is 10.6 Å². The zero-order valence-electron chi connectivity index (χ0n) is 11.4. The molecule has 2 N–H and O–H groups in total. The second-order valence-electron chi connectivity index (χ2n) is 4.64. The predicted molar refractivity (Wildman–Crippen MR) is 78.8 cm³/mol. The van der Waals surface area contributed by atoms with Gasteiger partial charge in [-0.3, -0.25) is 4.68 Å². The molecule has 0 radical (unpaired) electrons. The van der Waals surface area contributed by atoms with Gasteiger partial charge in [-0.05, 0) is 24.6 Å². The minimum atomic E-state index is -0.659. The normalized spacial score (nSPS) is 11.0. The number of hydrogen-bond donors (Lipinski definition) is 1. The zero-order valence-corrected chi connectivity index (χ0v) is 12.2. The molecule has 0 aliphatic carbocycles. The molecule has 0 spiro atoms. The highest BCUT2D eigenvalue weighted by atomic mass is 32.1. The maximum atomic E-state index is 13.5. The van der Waals surface area contributed by atoms with Gasteiger partial charge in [-0.25, -0.2) is 13.8 Å². The Morgan fingerprint density at radius 2 is 1.86 bits per heavy atom. The third kappa shape index (κ3) is 2.40. The van der Waals surface area contributed by atoms with Crippen LogP contribution in [0.1, 0.15) is 5.01 Å². The highest BCUT2D eigenvalue weighted by molar-refractivity contribution is 7.09. The summed E-state index contributed by atoms with van der Waals surface area (Å²) in [6.07, 6.45) is 0. The fraction of sp³-hybridized carbons (Fsp3) is 0.143. The number of nitrogens with two attached hydrogens (primary N) is 1. The quantitative estimate of drug-likeness (QED) is 0.789. The van der Waals surface area contributed by atoms with Gasteiger partial charge in [-0.1, -0.05) is 0 Å². The average Bonchev–Trinajstić information content (AvgIpc) is 2.94. The first-order valence-electron chi connectivity index (χ1n) is 6.17. The molecule has 2 aromatic heterocycles. The Hall–Kier alpha value is -2.28. The van der Waals surface area contributed by atoms with Crippen molar-refractivity contribution >= 4 is 17.2 Å². The number of benzene rings is 1. The SMILES string of the molecule is Cc1nc(-c2nn(C)c(N)c2-c2cc(F)cc(F)c2)cs1. The summed E-state index contributed by atoms with van der Waals surface area (Å²) in [5, 5.41) is 7.04. The van der Waals surface area contributed by atoms with Crippen LogP contribution in [0, 0.1) is 18.6 Å². The molecule has 0 aliphatic heterocycles. The first-order valence-corrected chi connectivity index (χ1v) is 7.05. The summed E-state index contributed by atoms with van der Waals surface area (Å²) in [5.41, 5.74) is 8.01. The molecule has 0 amide bonds. The van der Waals surface area contributed by atoms with Crippen LogP contribution in [0.3, 0.4) is 0 Å². The van der Waals surface area contributed by atoms with Crippen LogP contribution in [0.2, 0.25) is 0 Å². The molecule has 4 nitrogen and oxygen atoms in total. The molecule has 0 fully saturated rings. The van der Waals surface area contributed by atoms with Crippen LogP contribution in [-0.2, 0) is 7.05 Å². The van der Waals surface area contributed by atoms with Gasteiger partial charge in [0.25, 0.3) is 0 Å². The van der Waals surface area contributed by atoms with Crippen molar-refractivity contribution in [1.82, 2.24) is 14.8 Å². The van der Waals surface area contributed by atoms with Gasteiger partial charge in [0, 0.05) is 18.5 Å². The molecule has 7 heteroatoms. The van der Waals surface area contributed by atoms with Gasteiger partial charge in [0.15, 0.2) is 0 Å². The summed E-state index contributed by atoms with van der Waals surface area (Å²) >= 11 is 1.48. The highest BCUT2D eigenvalue weighted by Gasteiger charge is 2.20. The fourth-order valence-electron chi connectivity index (χ4n) is 2.17. The molecule has 0 aliphatic rings. The van der Waals surface area contributed by atoms with Crippen LogP contribution in [-0.4, -0.2) is 14.8 Å². The lowest BCUT2D eigenvalue weighted by Crippen LogP contribution is -1.98. The number of aromatic nitrogens is 3. The van der Waals surface area contributed by atoms with E-state index in [0.717, 1.165) is 11.1 Å². The van der Waals surface area contributed by atoms with Crippen molar-refractivity contribution in [1.29, 1.82) is 0 Å². The van der Waals surface area contributed by atoms with Gasteiger partial charge in [-0.15, -0.1) is 11.3 Å². The van der Waals surface area contributed by atoms with E-state index in [2.05, 4.69) is 10.1 Å². The molecule has 3 aromatic rings. The van der Waals surface area contributed by atoms with E-state index < -0.39 is 11.6 Å². The topological polar surface area (TPSA) is 56.7 Å². The number of rotatable bonds is 2. The van der Waals surface area contributed by atoms with Crippen LogP contribution in [0.5, 0.6) is 0 Å². The standard InChI is InChI=1S/C14H12F2N4S/c1-7-18-11(6-21-7)13-12(14(17)20(2)19-13)8-3-9(15)5-10(16)4-8/h3-6H,17H2,1-2H3. The molecule has 21 heavy (non-hydrogen) atoms. The fourth-order valence-corrected chi connectivity index (χ4v) is 2.77. The third-order valence-electron chi connectivity index (χ3n) is 3.10. The summed E-state index contributed by atoms with van der Waals surface area (Å²) in [6.45, 7) is 1.88. The molecule has 0 bridgehead atoms. The minimum absolute atomic E-state index is 0.334. The van der Waals surface area contributed by atoms with Gasteiger partial charge < -0.3 is 5.73 Å². The van der Waals surface area contributed by atoms with E-state index in [1.807, 2.05) is 12.3 Å². The van der Waals surface area contributed by atoms with Crippen molar-refractivity contribution in [2.24, 2.45) is 7.05 Å². The first kappa shape index (κ1) is 13.7. The van der Waals surface area contributed by atoms with E-state index in [9.17, 15) is 8.78 Å². The van der Waals surface area contributed by atoms with Crippen molar-refractivity contribution in [3.05, 3.63) is 40.2 Å². The minimum Gasteiger partial charge on any atom is -0.383 e. The molecular formula is C14H12F2N4S. The molecule has 2 heterocycles. The molecule has 0 unspecified atom stereocenters. The summed E-state index contributed by atoms with van der Waals surface area (Å²) in [6, 6.07) is 3.29. The molecular weight excluding hydrogens is 294 g/mol. The number of nitrogens with zero attached hydrogens (tertiary/aromatic N) is 3. The predicted octanol–water partition coefficient (Wildman–Crippen LogP) is 3.38. The second-order valence-corrected chi connectivity index (χ2v) is 5.70. The zero-order chi connectivity index (χ0) is 15.1. The lowest BCUT2D eigenvalue weighted by Gasteiger charge is -2.04. The van der Waals surface area contributed by atoms with Crippen molar-refractivity contribution in [2.75, 3.05) is 5.73 Å². The Kier molecular flexibility index (Phi) is 3.21. The molecule has 0 atom stereocenters. The smallest absolute Gasteiger partial charge is 0.129 e. The van der Waals surface area contributed by atoms with Crippen molar-refractivity contribution in [3.63, 3.8) is 0 Å². The first-order chi connectivity index (χ1) is 9.95. The molecule has 1 aromatic carbocycles. The molecule has 0 saturated heterocycles. The van der Waals surface area contributed by atoms with Crippen LogP contribution < -0.4 is 5.73 Å².